The highest BCUT2D eigenvalue weighted by Gasteiger charge is 2.28. The molecule has 7 nitrogen and oxygen atoms in total. The van der Waals surface area contributed by atoms with Crippen molar-refractivity contribution < 1.29 is 27.1 Å². The van der Waals surface area contributed by atoms with Gasteiger partial charge in [-0.25, -0.2) is 12.8 Å². The van der Waals surface area contributed by atoms with E-state index in [1.165, 1.54) is 44.6 Å². The number of carbonyl (C=O) groups excluding carboxylic acids is 1. The van der Waals surface area contributed by atoms with Crippen molar-refractivity contribution in [2.24, 2.45) is 0 Å². The van der Waals surface area contributed by atoms with Crippen LogP contribution in [0, 0.1) is 5.82 Å². The first-order valence-electron chi connectivity index (χ1n) is 8.48. The number of sulfonamides is 1. The first-order chi connectivity index (χ1) is 13.2. The van der Waals surface area contributed by atoms with Crippen LogP contribution in [-0.4, -0.2) is 41.1 Å². The SMILES string of the molecule is COc1ccc(S(=O)(=O)N(CC(=O)NC(C)C)c2ccc(F)cc2)cc1OC. The predicted molar refractivity (Wildman–Crippen MR) is 104 cm³/mol. The van der Waals surface area contributed by atoms with E-state index in [0.29, 0.717) is 5.75 Å². The highest BCUT2D eigenvalue weighted by Crippen LogP contribution is 2.32. The number of amides is 1. The molecule has 9 heteroatoms. The molecule has 0 spiro atoms. The van der Waals surface area contributed by atoms with Crippen LogP contribution < -0.4 is 19.1 Å². The number of methoxy groups -OCH3 is 2. The second-order valence-corrected chi connectivity index (χ2v) is 8.09. The van der Waals surface area contributed by atoms with Crippen molar-refractivity contribution in [2.75, 3.05) is 25.1 Å². The van der Waals surface area contributed by atoms with Gasteiger partial charge in [0.05, 0.1) is 24.8 Å². The summed E-state index contributed by atoms with van der Waals surface area (Å²) in [5, 5.41) is 2.65. The van der Waals surface area contributed by atoms with Crippen molar-refractivity contribution in [3.8, 4) is 11.5 Å². The summed E-state index contributed by atoms with van der Waals surface area (Å²) < 4.78 is 51.1. The highest BCUT2D eigenvalue weighted by molar-refractivity contribution is 7.92. The zero-order chi connectivity index (χ0) is 20.9. The molecular weight excluding hydrogens is 387 g/mol. The molecule has 152 valence electrons. The predicted octanol–water partition coefficient (Wildman–Crippen LogP) is 2.56. The minimum absolute atomic E-state index is 0.0909. The number of carbonyl (C=O) groups is 1. The Morgan fingerprint density at radius 2 is 1.68 bits per heavy atom. The van der Waals surface area contributed by atoms with E-state index in [9.17, 15) is 17.6 Å². The zero-order valence-electron chi connectivity index (χ0n) is 16.1. The van der Waals surface area contributed by atoms with Gasteiger partial charge in [-0.2, -0.15) is 0 Å². The van der Waals surface area contributed by atoms with Crippen LogP contribution in [0.3, 0.4) is 0 Å². The molecule has 0 aliphatic rings. The van der Waals surface area contributed by atoms with Crippen LogP contribution in [0.15, 0.2) is 47.4 Å². The molecule has 1 N–H and O–H groups in total. The third-order valence-corrected chi connectivity index (χ3v) is 5.56. The molecule has 1 amide bonds. The molecule has 0 unspecified atom stereocenters. The fraction of sp³-hybridized carbons (Fsp3) is 0.316. The molecule has 0 aliphatic heterocycles. The molecule has 28 heavy (non-hydrogen) atoms. The van der Waals surface area contributed by atoms with Crippen LogP contribution in [0.2, 0.25) is 0 Å². The normalized spacial score (nSPS) is 11.2. The van der Waals surface area contributed by atoms with E-state index in [0.717, 1.165) is 16.4 Å². The van der Waals surface area contributed by atoms with Crippen LogP contribution in [0.1, 0.15) is 13.8 Å². The number of nitrogens with zero attached hydrogens (tertiary/aromatic N) is 1. The molecule has 2 aromatic rings. The first-order valence-corrected chi connectivity index (χ1v) is 9.92. The summed E-state index contributed by atoms with van der Waals surface area (Å²) in [5.74, 6) is -0.399. The van der Waals surface area contributed by atoms with Gasteiger partial charge in [0.15, 0.2) is 11.5 Å². The number of ether oxygens (including phenoxy) is 2. The van der Waals surface area contributed by atoms with Crippen LogP contribution in [0.25, 0.3) is 0 Å². The van der Waals surface area contributed by atoms with Gasteiger partial charge < -0.3 is 14.8 Å². The van der Waals surface area contributed by atoms with Gasteiger partial charge in [-0.1, -0.05) is 0 Å². The van der Waals surface area contributed by atoms with E-state index >= 15 is 0 Å². The largest absolute Gasteiger partial charge is 0.493 e. The second-order valence-electron chi connectivity index (χ2n) is 6.23. The molecular formula is C19H23FN2O5S. The quantitative estimate of drug-likeness (QED) is 0.723. The van der Waals surface area contributed by atoms with Gasteiger partial charge in [0.1, 0.15) is 12.4 Å². The van der Waals surface area contributed by atoms with Gasteiger partial charge in [0.2, 0.25) is 5.91 Å². The standard InChI is InChI=1S/C19H23FN2O5S/c1-13(2)21-19(23)12-22(15-7-5-14(20)6-8-15)28(24,25)16-9-10-17(26-3)18(11-16)27-4/h5-11,13H,12H2,1-4H3,(H,21,23). The van der Waals surface area contributed by atoms with Crippen molar-refractivity contribution in [3.05, 3.63) is 48.3 Å². The first kappa shape index (κ1) is 21.5. The number of nitrogens with one attached hydrogen (secondary N) is 1. The maximum Gasteiger partial charge on any atom is 0.264 e. The van der Waals surface area contributed by atoms with Crippen molar-refractivity contribution in [2.45, 2.75) is 24.8 Å². The van der Waals surface area contributed by atoms with Crippen molar-refractivity contribution in [1.29, 1.82) is 0 Å². The molecule has 2 rings (SSSR count). The van der Waals surface area contributed by atoms with E-state index in [1.54, 1.807) is 13.8 Å². The molecule has 0 fully saturated rings. The zero-order valence-corrected chi connectivity index (χ0v) is 16.9. The lowest BCUT2D eigenvalue weighted by atomic mass is 10.3. The smallest absolute Gasteiger partial charge is 0.264 e. The van der Waals surface area contributed by atoms with Crippen LogP contribution >= 0.6 is 0 Å². The highest BCUT2D eigenvalue weighted by atomic mass is 32.2. The number of hydrogen-bond donors (Lipinski definition) is 1. The monoisotopic (exact) mass is 410 g/mol. The lowest BCUT2D eigenvalue weighted by molar-refractivity contribution is -0.120. The molecule has 0 radical (unpaired) electrons. The summed E-state index contributed by atoms with van der Waals surface area (Å²) in [6, 6.07) is 8.83. The van der Waals surface area contributed by atoms with Crippen molar-refractivity contribution in [1.82, 2.24) is 5.32 Å². The minimum atomic E-state index is -4.14. The maximum absolute atomic E-state index is 13.3. The number of rotatable bonds is 8. The Bertz CT molecular complexity index is 930. The summed E-state index contributed by atoms with van der Waals surface area (Å²) in [6.45, 7) is 3.08. The number of halogens is 1. The van der Waals surface area contributed by atoms with Crippen LogP contribution in [0.4, 0.5) is 10.1 Å². The molecule has 0 atom stereocenters. The van der Waals surface area contributed by atoms with Crippen LogP contribution in [0.5, 0.6) is 11.5 Å². The van der Waals surface area contributed by atoms with Crippen molar-refractivity contribution in [3.63, 3.8) is 0 Å². The Morgan fingerprint density at radius 3 is 2.21 bits per heavy atom. The van der Waals surface area contributed by atoms with Gasteiger partial charge in [-0.05, 0) is 50.2 Å². The fourth-order valence-electron chi connectivity index (χ4n) is 2.52. The van der Waals surface area contributed by atoms with E-state index in [1.807, 2.05) is 0 Å². The van der Waals surface area contributed by atoms with E-state index in [2.05, 4.69) is 5.32 Å². The maximum atomic E-state index is 13.3. The average Bonchev–Trinajstić information content (AvgIpc) is 2.65. The number of anilines is 1. The summed E-state index contributed by atoms with van der Waals surface area (Å²) in [4.78, 5) is 12.2. The minimum Gasteiger partial charge on any atom is -0.493 e. The molecule has 0 bridgehead atoms. The summed E-state index contributed by atoms with van der Waals surface area (Å²) in [6.07, 6.45) is 0. The third-order valence-electron chi connectivity index (χ3n) is 3.79. The van der Waals surface area contributed by atoms with Gasteiger partial charge in [-0.15, -0.1) is 0 Å². The van der Waals surface area contributed by atoms with Crippen LogP contribution in [-0.2, 0) is 14.8 Å². The Morgan fingerprint density at radius 1 is 1.07 bits per heavy atom. The lowest BCUT2D eigenvalue weighted by Gasteiger charge is -2.25. The Hall–Kier alpha value is -2.81. The van der Waals surface area contributed by atoms with Gasteiger partial charge in [0.25, 0.3) is 10.0 Å². The molecule has 0 aliphatic carbocycles. The number of hydrogen-bond acceptors (Lipinski definition) is 5. The van der Waals surface area contributed by atoms with E-state index < -0.39 is 28.3 Å². The topological polar surface area (TPSA) is 84.9 Å². The summed E-state index contributed by atoms with van der Waals surface area (Å²) >= 11 is 0. The Balaban J connectivity index is 2.51. The Labute approximate surface area is 164 Å². The molecule has 0 saturated carbocycles. The third kappa shape index (κ3) is 4.92. The molecule has 0 heterocycles. The summed E-state index contributed by atoms with van der Waals surface area (Å²) in [5.41, 5.74) is 0.162. The van der Waals surface area contributed by atoms with E-state index in [-0.39, 0.29) is 22.4 Å². The van der Waals surface area contributed by atoms with Gasteiger partial charge in [0, 0.05) is 12.1 Å². The average molecular weight is 410 g/mol. The van der Waals surface area contributed by atoms with Gasteiger partial charge >= 0.3 is 0 Å². The van der Waals surface area contributed by atoms with E-state index in [4.69, 9.17) is 9.47 Å². The number of benzene rings is 2. The molecule has 0 saturated heterocycles. The molecule has 2 aromatic carbocycles. The second kappa shape index (κ2) is 8.92. The fourth-order valence-corrected chi connectivity index (χ4v) is 3.96. The lowest BCUT2D eigenvalue weighted by Crippen LogP contribution is -2.42. The van der Waals surface area contributed by atoms with Gasteiger partial charge in [-0.3, -0.25) is 9.10 Å². The van der Waals surface area contributed by atoms with Crippen molar-refractivity contribution >= 4 is 21.6 Å². The molecule has 0 aromatic heterocycles. The summed E-state index contributed by atoms with van der Waals surface area (Å²) in [7, 11) is -1.31. The Kier molecular flexibility index (Phi) is 6.85.